The maximum Gasteiger partial charge on any atom is 0.416 e. The van der Waals surface area contributed by atoms with Crippen LogP contribution in [0.15, 0.2) is 30.8 Å². The highest BCUT2D eigenvalue weighted by Crippen LogP contribution is 2.32. The summed E-state index contributed by atoms with van der Waals surface area (Å²) in [5.41, 5.74) is 1.10. The van der Waals surface area contributed by atoms with Gasteiger partial charge in [0.1, 0.15) is 0 Å². The zero-order chi connectivity index (χ0) is 13.3. The van der Waals surface area contributed by atoms with Gasteiger partial charge >= 0.3 is 6.18 Å². The van der Waals surface area contributed by atoms with E-state index in [0.29, 0.717) is 0 Å². The summed E-state index contributed by atoms with van der Waals surface area (Å²) < 4.78 is 37.1. The van der Waals surface area contributed by atoms with E-state index in [0.717, 1.165) is 29.7 Å². The lowest BCUT2D eigenvalue weighted by molar-refractivity contribution is -0.137. The van der Waals surface area contributed by atoms with Gasteiger partial charge in [-0.1, -0.05) is 39.5 Å². The van der Waals surface area contributed by atoms with Crippen molar-refractivity contribution in [2.24, 2.45) is 5.41 Å². The van der Waals surface area contributed by atoms with Crippen molar-refractivity contribution in [3.05, 3.63) is 42.0 Å². The second kappa shape index (κ2) is 4.55. The van der Waals surface area contributed by atoms with Gasteiger partial charge in [0, 0.05) is 0 Å². The smallest absolute Gasteiger partial charge is 0.166 e. The summed E-state index contributed by atoms with van der Waals surface area (Å²) in [4.78, 5) is 0. The summed E-state index contributed by atoms with van der Waals surface area (Å²) in [6.07, 6.45) is -3.51. The summed E-state index contributed by atoms with van der Waals surface area (Å²) in [5, 5.41) is 0. The standard InChI is InChI=1S/C14H17F3/c1-10(9-13(2,3)4)11-5-7-12(8-6-11)14(15,16)17/h5-8H,1,9H2,2-4H3. The molecule has 0 amide bonds. The molecule has 0 heterocycles. The van der Waals surface area contributed by atoms with Crippen LogP contribution >= 0.6 is 0 Å². The SMILES string of the molecule is C=C(CC(C)(C)C)c1ccc(C(F)(F)F)cc1. The molecular formula is C14H17F3. The molecule has 0 fully saturated rings. The van der Waals surface area contributed by atoms with Gasteiger partial charge in [-0.05, 0) is 35.1 Å². The molecule has 0 atom stereocenters. The second-order valence-corrected chi connectivity index (χ2v) is 5.42. The molecular weight excluding hydrogens is 225 g/mol. The third-order valence-corrected chi connectivity index (χ3v) is 2.36. The van der Waals surface area contributed by atoms with E-state index < -0.39 is 11.7 Å². The van der Waals surface area contributed by atoms with Gasteiger partial charge in [-0.15, -0.1) is 0 Å². The number of halogens is 3. The van der Waals surface area contributed by atoms with Crippen molar-refractivity contribution in [2.45, 2.75) is 33.4 Å². The van der Waals surface area contributed by atoms with Gasteiger partial charge in [0.25, 0.3) is 0 Å². The van der Waals surface area contributed by atoms with E-state index in [1.54, 1.807) is 0 Å². The number of alkyl halides is 3. The van der Waals surface area contributed by atoms with Crippen LogP contribution in [0.2, 0.25) is 0 Å². The molecule has 17 heavy (non-hydrogen) atoms. The summed E-state index contributed by atoms with van der Waals surface area (Å²) in [7, 11) is 0. The fraction of sp³-hybridized carbons (Fsp3) is 0.429. The van der Waals surface area contributed by atoms with Crippen LogP contribution in [0.1, 0.15) is 38.3 Å². The summed E-state index contributed by atoms with van der Waals surface area (Å²) in [6, 6.07) is 5.17. The van der Waals surface area contributed by atoms with Crippen LogP contribution in [-0.4, -0.2) is 0 Å². The van der Waals surface area contributed by atoms with Crippen molar-refractivity contribution in [1.82, 2.24) is 0 Å². The van der Waals surface area contributed by atoms with Gasteiger partial charge in [-0.3, -0.25) is 0 Å². The molecule has 0 aliphatic heterocycles. The predicted octanol–water partition coefficient (Wildman–Crippen LogP) is 5.15. The van der Waals surface area contributed by atoms with Crippen LogP contribution in [0.5, 0.6) is 0 Å². The lowest BCUT2D eigenvalue weighted by Crippen LogP contribution is -2.06. The molecule has 0 N–H and O–H groups in total. The molecule has 0 bridgehead atoms. The normalized spacial score (nSPS) is 12.6. The van der Waals surface area contributed by atoms with Crippen molar-refractivity contribution in [3.63, 3.8) is 0 Å². The number of allylic oxidation sites excluding steroid dienone is 1. The number of hydrogen-bond donors (Lipinski definition) is 0. The molecule has 0 unspecified atom stereocenters. The Morgan fingerprint density at radius 1 is 1.06 bits per heavy atom. The first-order valence-electron chi connectivity index (χ1n) is 5.45. The van der Waals surface area contributed by atoms with Crippen molar-refractivity contribution in [3.8, 4) is 0 Å². The first kappa shape index (κ1) is 13.8. The third-order valence-electron chi connectivity index (χ3n) is 2.36. The number of hydrogen-bond acceptors (Lipinski definition) is 0. The highest BCUT2D eigenvalue weighted by atomic mass is 19.4. The lowest BCUT2D eigenvalue weighted by Gasteiger charge is -2.20. The zero-order valence-corrected chi connectivity index (χ0v) is 10.4. The molecule has 1 rings (SSSR count). The first-order valence-corrected chi connectivity index (χ1v) is 5.45. The molecule has 0 nitrogen and oxygen atoms in total. The monoisotopic (exact) mass is 242 g/mol. The van der Waals surface area contributed by atoms with Crippen molar-refractivity contribution in [2.75, 3.05) is 0 Å². The molecule has 0 radical (unpaired) electrons. The van der Waals surface area contributed by atoms with E-state index in [2.05, 4.69) is 27.4 Å². The van der Waals surface area contributed by atoms with E-state index in [4.69, 9.17) is 0 Å². The largest absolute Gasteiger partial charge is 0.416 e. The lowest BCUT2D eigenvalue weighted by atomic mass is 9.86. The minimum Gasteiger partial charge on any atom is -0.166 e. The Balaban J connectivity index is 2.85. The molecule has 3 heteroatoms. The summed E-state index contributed by atoms with van der Waals surface area (Å²) in [5.74, 6) is 0. The van der Waals surface area contributed by atoms with Crippen LogP contribution in [0, 0.1) is 5.41 Å². The fourth-order valence-corrected chi connectivity index (χ4v) is 1.64. The molecule has 0 aromatic heterocycles. The Kier molecular flexibility index (Phi) is 3.70. The van der Waals surface area contributed by atoms with Crippen molar-refractivity contribution in [1.29, 1.82) is 0 Å². The quantitative estimate of drug-likeness (QED) is 0.672. The molecule has 0 aliphatic carbocycles. The molecule has 94 valence electrons. The van der Waals surface area contributed by atoms with E-state index in [1.165, 1.54) is 12.1 Å². The molecule has 0 saturated carbocycles. The van der Waals surface area contributed by atoms with E-state index in [9.17, 15) is 13.2 Å². The fourth-order valence-electron chi connectivity index (χ4n) is 1.64. The van der Waals surface area contributed by atoms with Crippen LogP contribution in [0.25, 0.3) is 5.57 Å². The highest BCUT2D eigenvalue weighted by Gasteiger charge is 2.30. The maximum atomic E-state index is 12.4. The van der Waals surface area contributed by atoms with Gasteiger partial charge in [0.15, 0.2) is 0 Å². The van der Waals surface area contributed by atoms with Crippen LogP contribution in [0.4, 0.5) is 13.2 Å². The highest BCUT2D eigenvalue weighted by molar-refractivity contribution is 5.64. The minimum atomic E-state index is -4.27. The van der Waals surface area contributed by atoms with Crippen LogP contribution in [0.3, 0.4) is 0 Å². The van der Waals surface area contributed by atoms with Crippen molar-refractivity contribution < 1.29 is 13.2 Å². The second-order valence-electron chi connectivity index (χ2n) is 5.42. The molecule has 1 aromatic rings. The Morgan fingerprint density at radius 3 is 1.88 bits per heavy atom. The Labute approximate surface area is 100 Å². The maximum absolute atomic E-state index is 12.4. The van der Waals surface area contributed by atoms with Gasteiger partial charge < -0.3 is 0 Å². The average Bonchev–Trinajstić information content (AvgIpc) is 2.14. The molecule has 0 spiro atoms. The Bertz CT molecular complexity index is 391. The number of rotatable bonds is 2. The molecule has 1 aromatic carbocycles. The Hall–Kier alpha value is -1.25. The average molecular weight is 242 g/mol. The van der Waals surface area contributed by atoms with Gasteiger partial charge in [0.05, 0.1) is 5.56 Å². The van der Waals surface area contributed by atoms with Gasteiger partial charge in [0.2, 0.25) is 0 Å². The molecule has 0 saturated heterocycles. The van der Waals surface area contributed by atoms with E-state index in [1.807, 2.05) is 0 Å². The Morgan fingerprint density at radius 2 is 1.53 bits per heavy atom. The van der Waals surface area contributed by atoms with Crippen LogP contribution < -0.4 is 0 Å². The topological polar surface area (TPSA) is 0 Å². The zero-order valence-electron chi connectivity index (χ0n) is 10.4. The third kappa shape index (κ3) is 4.25. The first-order chi connectivity index (χ1) is 7.59. The minimum absolute atomic E-state index is 0.0831. The summed E-state index contributed by atoms with van der Waals surface area (Å²) in [6.45, 7) is 10.1. The van der Waals surface area contributed by atoms with E-state index >= 15 is 0 Å². The van der Waals surface area contributed by atoms with Crippen LogP contribution in [-0.2, 0) is 6.18 Å². The van der Waals surface area contributed by atoms with Gasteiger partial charge in [-0.2, -0.15) is 13.2 Å². The number of benzene rings is 1. The summed E-state index contributed by atoms with van der Waals surface area (Å²) >= 11 is 0. The van der Waals surface area contributed by atoms with Crippen molar-refractivity contribution >= 4 is 5.57 Å². The molecule has 0 aliphatic rings. The predicted molar refractivity (Wildman–Crippen MR) is 64.6 cm³/mol. The van der Waals surface area contributed by atoms with E-state index in [-0.39, 0.29) is 5.41 Å². The van der Waals surface area contributed by atoms with Gasteiger partial charge in [-0.25, -0.2) is 0 Å².